The van der Waals surface area contributed by atoms with Crippen molar-refractivity contribution in [2.45, 2.75) is 0 Å². The Morgan fingerprint density at radius 3 is 2.42 bits per heavy atom. The predicted octanol–water partition coefficient (Wildman–Crippen LogP) is 4.20. The maximum absolute atomic E-state index is 12.7. The molecule has 1 saturated heterocycles. The van der Waals surface area contributed by atoms with E-state index in [1.54, 1.807) is 36.4 Å². The van der Waals surface area contributed by atoms with Gasteiger partial charge >= 0.3 is 6.03 Å². The monoisotopic (exact) mass is 501 g/mol. The topological polar surface area (TPSA) is 78.8 Å². The number of rotatable bonds is 3. The van der Waals surface area contributed by atoms with Gasteiger partial charge in [0.25, 0.3) is 5.91 Å². The average molecular weight is 502 g/mol. The van der Waals surface area contributed by atoms with Crippen LogP contribution in [0.1, 0.15) is 0 Å². The SMILES string of the molecule is O=C1NC(=O)N(c2ccc(I)cc2)C(=O)[C@H]1C=Nc1ccc(Cl)cc1Cl. The maximum Gasteiger partial charge on any atom is 0.335 e. The van der Waals surface area contributed by atoms with E-state index in [2.05, 4.69) is 32.9 Å². The van der Waals surface area contributed by atoms with Gasteiger partial charge in [0.1, 0.15) is 0 Å². The van der Waals surface area contributed by atoms with Crippen LogP contribution in [0.3, 0.4) is 0 Å². The molecule has 4 amide bonds. The number of carbonyl (C=O) groups is 3. The standard InChI is InChI=1S/C17H10Cl2IN3O3/c18-9-1-6-14(13(19)7-9)21-8-12-15(24)22-17(26)23(16(12)25)11-4-2-10(20)3-5-11/h1-8,12H,(H,22,24,26)/t12-/m0/s1. The summed E-state index contributed by atoms with van der Waals surface area (Å²) in [7, 11) is 0. The Morgan fingerprint density at radius 1 is 1.08 bits per heavy atom. The molecule has 1 N–H and O–H groups in total. The van der Waals surface area contributed by atoms with Crippen molar-refractivity contribution in [1.82, 2.24) is 5.32 Å². The van der Waals surface area contributed by atoms with Crippen molar-refractivity contribution in [3.05, 3.63) is 56.1 Å². The summed E-state index contributed by atoms with van der Waals surface area (Å²) in [6.45, 7) is 0. The molecular weight excluding hydrogens is 492 g/mol. The molecule has 0 aliphatic carbocycles. The molecule has 0 saturated carbocycles. The molecule has 1 aliphatic rings. The number of imide groups is 2. The molecule has 1 fully saturated rings. The van der Waals surface area contributed by atoms with Crippen LogP contribution in [0.25, 0.3) is 0 Å². The quantitative estimate of drug-likeness (QED) is 0.389. The van der Waals surface area contributed by atoms with Gasteiger partial charge in [-0.3, -0.25) is 19.9 Å². The van der Waals surface area contributed by atoms with E-state index in [-0.39, 0.29) is 5.02 Å². The molecule has 1 aliphatic heterocycles. The number of barbiturate groups is 1. The van der Waals surface area contributed by atoms with Crippen molar-refractivity contribution in [1.29, 1.82) is 0 Å². The fourth-order valence-electron chi connectivity index (χ4n) is 2.30. The Hall–Kier alpha value is -1.97. The van der Waals surface area contributed by atoms with E-state index in [9.17, 15) is 14.4 Å². The number of anilines is 1. The molecule has 3 rings (SSSR count). The van der Waals surface area contributed by atoms with Gasteiger partial charge in [-0.1, -0.05) is 23.2 Å². The van der Waals surface area contributed by atoms with Gasteiger partial charge in [0.05, 0.1) is 16.4 Å². The molecule has 0 unspecified atom stereocenters. The maximum atomic E-state index is 12.7. The molecule has 9 heteroatoms. The van der Waals surface area contributed by atoms with Gasteiger partial charge in [-0.25, -0.2) is 9.69 Å². The van der Waals surface area contributed by atoms with Crippen LogP contribution in [0.2, 0.25) is 10.0 Å². The summed E-state index contributed by atoms with van der Waals surface area (Å²) in [6, 6.07) is 10.6. The van der Waals surface area contributed by atoms with Gasteiger partial charge in [0.2, 0.25) is 5.91 Å². The largest absolute Gasteiger partial charge is 0.335 e. The molecule has 0 spiro atoms. The highest BCUT2D eigenvalue weighted by molar-refractivity contribution is 14.1. The number of carbonyl (C=O) groups excluding carboxylic acids is 3. The highest BCUT2D eigenvalue weighted by atomic mass is 127. The number of nitrogens with one attached hydrogen (secondary N) is 1. The van der Waals surface area contributed by atoms with E-state index < -0.39 is 23.8 Å². The highest BCUT2D eigenvalue weighted by Crippen LogP contribution is 2.28. The molecule has 2 aromatic rings. The Bertz CT molecular complexity index is 931. The number of halogens is 3. The number of urea groups is 1. The predicted molar refractivity (Wildman–Crippen MR) is 108 cm³/mol. The van der Waals surface area contributed by atoms with Crippen LogP contribution in [-0.2, 0) is 9.59 Å². The molecule has 26 heavy (non-hydrogen) atoms. The van der Waals surface area contributed by atoms with Gasteiger partial charge in [0, 0.05) is 14.8 Å². The Labute approximate surface area is 172 Å². The molecule has 1 atom stereocenters. The van der Waals surface area contributed by atoms with Crippen molar-refractivity contribution in [3.63, 3.8) is 0 Å². The minimum absolute atomic E-state index is 0.281. The normalized spacial score (nSPS) is 17.7. The number of benzene rings is 2. The van der Waals surface area contributed by atoms with Crippen LogP contribution < -0.4 is 10.2 Å². The number of hydrogen-bond donors (Lipinski definition) is 1. The third-order valence-corrected chi connectivity index (χ3v) is 4.82. The average Bonchev–Trinajstić information content (AvgIpc) is 2.57. The van der Waals surface area contributed by atoms with E-state index in [1.165, 1.54) is 12.3 Å². The van der Waals surface area contributed by atoms with Gasteiger partial charge in [-0.05, 0) is 65.1 Å². The van der Waals surface area contributed by atoms with Crippen LogP contribution in [0.4, 0.5) is 16.2 Å². The molecule has 6 nitrogen and oxygen atoms in total. The van der Waals surface area contributed by atoms with Gasteiger partial charge in [0.15, 0.2) is 5.92 Å². The minimum atomic E-state index is -1.25. The number of aliphatic imine (C=N–C) groups is 1. The van der Waals surface area contributed by atoms with Crippen LogP contribution in [0.15, 0.2) is 47.5 Å². The van der Waals surface area contributed by atoms with Crippen molar-refractivity contribution in [3.8, 4) is 0 Å². The summed E-state index contributed by atoms with van der Waals surface area (Å²) in [5.41, 5.74) is 0.720. The first-order valence-electron chi connectivity index (χ1n) is 7.30. The first-order chi connectivity index (χ1) is 12.4. The van der Waals surface area contributed by atoms with Crippen LogP contribution in [0.5, 0.6) is 0 Å². The zero-order valence-electron chi connectivity index (χ0n) is 12.9. The fraction of sp³-hybridized carbons (Fsp3) is 0.0588. The van der Waals surface area contributed by atoms with Crippen molar-refractivity contribution < 1.29 is 14.4 Å². The lowest BCUT2D eigenvalue weighted by atomic mass is 10.1. The Kier molecular flexibility index (Phi) is 5.59. The number of nitrogens with zero attached hydrogens (tertiary/aromatic N) is 2. The first kappa shape index (κ1) is 18.8. The molecule has 1 heterocycles. The summed E-state index contributed by atoms with van der Waals surface area (Å²) < 4.78 is 0.947. The van der Waals surface area contributed by atoms with Crippen LogP contribution in [0, 0.1) is 9.49 Å². The summed E-state index contributed by atoms with van der Waals surface area (Å²) in [6.07, 6.45) is 1.17. The summed E-state index contributed by atoms with van der Waals surface area (Å²) in [4.78, 5) is 41.9. The van der Waals surface area contributed by atoms with Gasteiger partial charge in [-0.2, -0.15) is 0 Å². The molecule has 0 bridgehead atoms. The van der Waals surface area contributed by atoms with E-state index in [0.717, 1.165) is 8.47 Å². The van der Waals surface area contributed by atoms with Crippen LogP contribution in [-0.4, -0.2) is 24.1 Å². The Morgan fingerprint density at radius 2 is 1.77 bits per heavy atom. The molecule has 132 valence electrons. The van der Waals surface area contributed by atoms with Gasteiger partial charge < -0.3 is 0 Å². The van der Waals surface area contributed by atoms with E-state index in [4.69, 9.17) is 23.2 Å². The number of hydrogen-bond acceptors (Lipinski definition) is 4. The Balaban J connectivity index is 1.90. The summed E-state index contributed by atoms with van der Waals surface area (Å²) in [5.74, 6) is -2.68. The molecule has 0 radical (unpaired) electrons. The van der Waals surface area contributed by atoms with E-state index >= 15 is 0 Å². The highest BCUT2D eigenvalue weighted by Gasteiger charge is 2.40. The van der Waals surface area contributed by atoms with Crippen LogP contribution >= 0.6 is 45.8 Å². The zero-order chi connectivity index (χ0) is 18.8. The zero-order valence-corrected chi connectivity index (χ0v) is 16.6. The number of amides is 4. The van der Waals surface area contributed by atoms with E-state index in [1.807, 2.05) is 0 Å². The second-order valence-electron chi connectivity index (χ2n) is 5.30. The fourth-order valence-corrected chi connectivity index (χ4v) is 3.11. The van der Waals surface area contributed by atoms with Crippen molar-refractivity contribution in [2.24, 2.45) is 10.9 Å². The second-order valence-corrected chi connectivity index (χ2v) is 7.39. The van der Waals surface area contributed by atoms with E-state index in [0.29, 0.717) is 16.4 Å². The lowest BCUT2D eigenvalue weighted by Gasteiger charge is -2.28. The summed E-state index contributed by atoms with van der Waals surface area (Å²) in [5, 5.41) is 2.88. The summed E-state index contributed by atoms with van der Waals surface area (Å²) >= 11 is 14.0. The molecule has 2 aromatic carbocycles. The van der Waals surface area contributed by atoms with Gasteiger partial charge in [-0.15, -0.1) is 0 Å². The molecular formula is C17H10Cl2IN3O3. The third-order valence-electron chi connectivity index (χ3n) is 3.56. The lowest BCUT2D eigenvalue weighted by Crippen LogP contribution is -2.58. The smallest absolute Gasteiger partial charge is 0.276 e. The van der Waals surface area contributed by atoms with Crippen molar-refractivity contribution in [2.75, 3.05) is 4.90 Å². The molecule has 0 aromatic heterocycles. The van der Waals surface area contributed by atoms with Crippen molar-refractivity contribution >= 4 is 81.2 Å². The second kappa shape index (κ2) is 7.73. The third kappa shape index (κ3) is 3.89. The lowest BCUT2D eigenvalue weighted by molar-refractivity contribution is -0.131. The minimum Gasteiger partial charge on any atom is -0.276 e. The first-order valence-corrected chi connectivity index (χ1v) is 9.14.